The Labute approximate surface area is 149 Å². The zero-order chi connectivity index (χ0) is 18.7. The standard InChI is InChI=1S/C17H27N3O4S/c1-4-20-11-7-8-13(20)12-17(2,18)25(22,23)19-16(21)14-9-5-6-10-15(14)24-3/h5-6,9-10,13H,4,7-8,11-12,18H2,1-3H3,(H,19,21)/t13-,17-/m0/s1. The molecule has 0 spiro atoms. The first-order valence-corrected chi connectivity index (χ1v) is 9.93. The largest absolute Gasteiger partial charge is 0.496 e. The van der Waals surface area contributed by atoms with E-state index in [0.29, 0.717) is 5.75 Å². The van der Waals surface area contributed by atoms with Crippen LogP contribution in [0.5, 0.6) is 5.75 Å². The number of ether oxygens (including phenoxy) is 1. The summed E-state index contributed by atoms with van der Waals surface area (Å²) in [6.45, 7) is 5.31. The van der Waals surface area contributed by atoms with Gasteiger partial charge in [0.05, 0.1) is 12.7 Å². The minimum absolute atomic E-state index is 0.109. The second kappa shape index (κ2) is 7.72. The third-order valence-electron chi connectivity index (χ3n) is 4.74. The maximum Gasteiger partial charge on any atom is 0.268 e. The van der Waals surface area contributed by atoms with Crippen molar-refractivity contribution in [3.05, 3.63) is 29.8 Å². The van der Waals surface area contributed by atoms with E-state index in [0.717, 1.165) is 25.9 Å². The normalized spacial score (nSPS) is 20.9. The van der Waals surface area contributed by atoms with Crippen molar-refractivity contribution in [2.45, 2.75) is 44.0 Å². The number of nitrogens with one attached hydrogen (secondary N) is 1. The van der Waals surface area contributed by atoms with Crippen LogP contribution in [0.3, 0.4) is 0 Å². The van der Waals surface area contributed by atoms with Gasteiger partial charge in [0.15, 0.2) is 0 Å². The second-order valence-corrected chi connectivity index (χ2v) is 8.72. The summed E-state index contributed by atoms with van der Waals surface area (Å²) in [5.41, 5.74) is 6.28. The lowest BCUT2D eigenvalue weighted by Crippen LogP contribution is -2.55. The Morgan fingerprint density at radius 3 is 2.76 bits per heavy atom. The predicted molar refractivity (Wildman–Crippen MR) is 96.9 cm³/mol. The molecule has 0 radical (unpaired) electrons. The van der Waals surface area contributed by atoms with Crippen molar-refractivity contribution in [2.75, 3.05) is 20.2 Å². The Morgan fingerprint density at radius 1 is 1.44 bits per heavy atom. The zero-order valence-electron chi connectivity index (χ0n) is 15.0. The van der Waals surface area contributed by atoms with E-state index < -0.39 is 20.8 Å². The molecule has 0 aliphatic carbocycles. The molecule has 1 aromatic rings. The van der Waals surface area contributed by atoms with Crippen molar-refractivity contribution < 1.29 is 17.9 Å². The Balaban J connectivity index is 2.15. The monoisotopic (exact) mass is 369 g/mol. The molecule has 1 heterocycles. The highest BCUT2D eigenvalue weighted by atomic mass is 32.2. The number of hydrogen-bond acceptors (Lipinski definition) is 6. The number of likely N-dealkylation sites (tertiary alicyclic amines) is 1. The lowest BCUT2D eigenvalue weighted by atomic mass is 10.1. The van der Waals surface area contributed by atoms with E-state index in [2.05, 4.69) is 9.62 Å². The van der Waals surface area contributed by atoms with Crippen LogP contribution in [0, 0.1) is 0 Å². The number of para-hydroxylation sites is 1. The molecule has 1 aliphatic rings. The van der Waals surface area contributed by atoms with E-state index >= 15 is 0 Å². The summed E-state index contributed by atoms with van der Waals surface area (Å²) < 4.78 is 32.6. The molecular weight excluding hydrogens is 342 g/mol. The fourth-order valence-electron chi connectivity index (χ4n) is 3.25. The maximum atomic E-state index is 12.7. The highest BCUT2D eigenvalue weighted by Gasteiger charge is 2.41. The molecule has 2 atom stereocenters. The molecule has 1 aromatic carbocycles. The molecule has 1 fully saturated rings. The van der Waals surface area contributed by atoms with Crippen LogP contribution in [-0.2, 0) is 10.0 Å². The maximum absolute atomic E-state index is 12.7. The number of nitrogens with two attached hydrogens (primary N) is 1. The molecule has 3 N–H and O–H groups in total. The van der Waals surface area contributed by atoms with Crippen LogP contribution in [0.2, 0.25) is 0 Å². The fraction of sp³-hybridized carbons (Fsp3) is 0.588. The molecule has 7 nitrogen and oxygen atoms in total. The Morgan fingerprint density at radius 2 is 2.12 bits per heavy atom. The van der Waals surface area contributed by atoms with E-state index in [1.807, 2.05) is 6.92 Å². The molecule has 1 saturated heterocycles. The van der Waals surface area contributed by atoms with Gasteiger partial charge < -0.3 is 15.4 Å². The van der Waals surface area contributed by atoms with Crippen LogP contribution >= 0.6 is 0 Å². The molecule has 25 heavy (non-hydrogen) atoms. The predicted octanol–water partition coefficient (Wildman–Crippen LogP) is 1.30. The van der Waals surface area contributed by atoms with Crippen LogP contribution in [0.25, 0.3) is 0 Å². The molecule has 0 aromatic heterocycles. The van der Waals surface area contributed by atoms with Crippen molar-refractivity contribution in [2.24, 2.45) is 5.73 Å². The summed E-state index contributed by atoms with van der Waals surface area (Å²) >= 11 is 0. The van der Waals surface area contributed by atoms with Gasteiger partial charge in [-0.3, -0.25) is 4.79 Å². The summed E-state index contributed by atoms with van der Waals surface area (Å²) in [6.07, 6.45) is 2.22. The molecule has 1 aliphatic heterocycles. The van der Waals surface area contributed by atoms with E-state index in [1.54, 1.807) is 18.2 Å². The Hall–Kier alpha value is -1.64. The molecule has 140 valence electrons. The first-order chi connectivity index (χ1) is 11.7. The molecule has 1 amide bonds. The van der Waals surface area contributed by atoms with Gasteiger partial charge in [-0.1, -0.05) is 19.1 Å². The van der Waals surface area contributed by atoms with Crippen molar-refractivity contribution >= 4 is 15.9 Å². The van der Waals surface area contributed by atoms with Crippen LogP contribution in [-0.4, -0.2) is 50.3 Å². The number of sulfonamides is 1. The van der Waals surface area contributed by atoms with Crippen molar-refractivity contribution in [3.8, 4) is 5.75 Å². The zero-order valence-corrected chi connectivity index (χ0v) is 15.8. The van der Waals surface area contributed by atoms with Gasteiger partial charge in [-0.25, -0.2) is 13.1 Å². The van der Waals surface area contributed by atoms with Gasteiger partial charge in [0.2, 0.25) is 0 Å². The first kappa shape index (κ1) is 19.7. The molecule has 0 unspecified atom stereocenters. The third kappa shape index (κ3) is 4.31. The van der Waals surface area contributed by atoms with Gasteiger partial charge in [0.25, 0.3) is 15.9 Å². The number of amides is 1. The number of benzene rings is 1. The second-order valence-electron chi connectivity index (χ2n) is 6.58. The Bertz CT molecular complexity index is 718. The lowest BCUT2D eigenvalue weighted by molar-refractivity contribution is 0.0977. The minimum atomic E-state index is -4.06. The summed E-state index contributed by atoms with van der Waals surface area (Å²) in [7, 11) is -2.63. The van der Waals surface area contributed by atoms with Gasteiger partial charge >= 0.3 is 0 Å². The number of carbonyl (C=O) groups is 1. The van der Waals surface area contributed by atoms with Crippen molar-refractivity contribution in [1.82, 2.24) is 9.62 Å². The number of hydrogen-bond donors (Lipinski definition) is 2. The van der Waals surface area contributed by atoms with Crippen molar-refractivity contribution in [3.63, 3.8) is 0 Å². The van der Waals surface area contributed by atoms with E-state index in [9.17, 15) is 13.2 Å². The summed E-state index contributed by atoms with van der Waals surface area (Å²) in [5.74, 6) is -0.435. The average molecular weight is 369 g/mol. The van der Waals surface area contributed by atoms with E-state index in [4.69, 9.17) is 10.5 Å². The molecular formula is C17H27N3O4S. The quantitative estimate of drug-likeness (QED) is 0.751. The smallest absolute Gasteiger partial charge is 0.268 e. The van der Waals surface area contributed by atoms with Crippen molar-refractivity contribution in [1.29, 1.82) is 0 Å². The lowest BCUT2D eigenvalue weighted by Gasteiger charge is -2.31. The van der Waals surface area contributed by atoms with Gasteiger partial charge in [0.1, 0.15) is 10.6 Å². The molecule has 2 rings (SSSR count). The number of methoxy groups -OCH3 is 1. The number of carbonyl (C=O) groups excluding carboxylic acids is 1. The van der Waals surface area contributed by atoms with Gasteiger partial charge in [0, 0.05) is 6.04 Å². The first-order valence-electron chi connectivity index (χ1n) is 8.44. The Kier molecular flexibility index (Phi) is 6.08. The van der Waals surface area contributed by atoms with Gasteiger partial charge in [-0.05, 0) is 51.4 Å². The van der Waals surface area contributed by atoms with E-state index in [1.165, 1.54) is 20.1 Å². The topological polar surface area (TPSA) is 102 Å². The van der Waals surface area contributed by atoms with Crippen LogP contribution < -0.4 is 15.2 Å². The highest BCUT2D eigenvalue weighted by Crippen LogP contribution is 2.27. The van der Waals surface area contributed by atoms with Gasteiger partial charge in [-0.2, -0.15) is 0 Å². The van der Waals surface area contributed by atoms with Crippen LogP contribution in [0.4, 0.5) is 0 Å². The summed E-state index contributed by atoms with van der Waals surface area (Å²) in [4.78, 5) is 13.1. The number of nitrogens with zero attached hydrogens (tertiary/aromatic N) is 1. The van der Waals surface area contributed by atoms with E-state index in [-0.39, 0.29) is 18.0 Å². The molecule has 0 bridgehead atoms. The average Bonchev–Trinajstić information content (AvgIpc) is 3.00. The SMILES string of the molecule is CCN1CCC[C@H]1C[C@@](C)(N)S(=O)(=O)NC(=O)c1ccccc1OC. The third-order valence-corrected chi connectivity index (χ3v) is 6.59. The van der Waals surface area contributed by atoms with Crippen LogP contribution in [0.15, 0.2) is 24.3 Å². The minimum Gasteiger partial charge on any atom is -0.496 e. The fourth-order valence-corrected chi connectivity index (χ4v) is 4.24. The molecule has 0 saturated carbocycles. The van der Waals surface area contributed by atoms with Gasteiger partial charge in [-0.15, -0.1) is 0 Å². The summed E-state index contributed by atoms with van der Waals surface area (Å²) in [6, 6.07) is 6.56. The highest BCUT2D eigenvalue weighted by molar-refractivity contribution is 7.91. The van der Waals surface area contributed by atoms with Crippen LogP contribution in [0.1, 0.15) is 43.5 Å². The molecule has 8 heteroatoms. The number of rotatable bonds is 7. The summed E-state index contributed by atoms with van der Waals surface area (Å²) in [5, 5.41) is 0.